The van der Waals surface area contributed by atoms with E-state index in [0.29, 0.717) is 25.1 Å². The van der Waals surface area contributed by atoms with Crippen LogP contribution in [0.25, 0.3) is 10.9 Å². The zero-order chi connectivity index (χ0) is 17.9. The summed E-state index contributed by atoms with van der Waals surface area (Å²) in [5.41, 5.74) is 1.87. The number of hydrogen-bond acceptors (Lipinski definition) is 3. The van der Waals surface area contributed by atoms with E-state index in [4.69, 9.17) is 4.74 Å². The molecule has 5 heteroatoms. The van der Waals surface area contributed by atoms with Gasteiger partial charge < -0.3 is 14.6 Å². The standard InChI is InChI=1S/C21H20N2O3/c24-20-17-8-4-5-9-19(17)22-13-18(20)21(25)23-10-11-26-16(14-23)12-15-6-2-1-3-7-15/h1-9,13,16H,10-12,14H2,(H,22,24)/t16-/m0/s1. The largest absolute Gasteiger partial charge is 0.374 e. The van der Waals surface area contributed by atoms with Crippen LogP contribution < -0.4 is 5.43 Å². The first kappa shape index (κ1) is 16.5. The fraction of sp³-hybridized carbons (Fsp3) is 0.238. The van der Waals surface area contributed by atoms with Crippen LogP contribution in [-0.2, 0) is 11.2 Å². The van der Waals surface area contributed by atoms with Crippen LogP contribution in [0.3, 0.4) is 0 Å². The normalized spacial score (nSPS) is 17.4. The Balaban J connectivity index is 1.54. The number of fused-ring (bicyclic) bond motifs is 1. The van der Waals surface area contributed by atoms with E-state index in [1.54, 1.807) is 17.0 Å². The van der Waals surface area contributed by atoms with Crippen LogP contribution in [-0.4, -0.2) is 41.6 Å². The molecule has 0 bridgehead atoms. The fourth-order valence-corrected chi connectivity index (χ4v) is 3.40. The monoisotopic (exact) mass is 348 g/mol. The number of carbonyl (C=O) groups excluding carboxylic acids is 1. The predicted octanol–water partition coefficient (Wildman–Crippen LogP) is 2.61. The van der Waals surface area contributed by atoms with Crippen LogP contribution in [0.2, 0.25) is 0 Å². The number of pyridine rings is 1. The quantitative estimate of drug-likeness (QED) is 0.791. The number of para-hydroxylation sites is 1. The van der Waals surface area contributed by atoms with Gasteiger partial charge in [0.05, 0.1) is 12.7 Å². The molecule has 1 atom stereocenters. The first-order valence-corrected chi connectivity index (χ1v) is 8.77. The van der Waals surface area contributed by atoms with Crippen molar-refractivity contribution in [2.75, 3.05) is 19.7 Å². The number of benzene rings is 2. The Morgan fingerprint density at radius 3 is 2.73 bits per heavy atom. The van der Waals surface area contributed by atoms with E-state index in [0.717, 1.165) is 11.9 Å². The van der Waals surface area contributed by atoms with Gasteiger partial charge in [0.1, 0.15) is 5.56 Å². The number of rotatable bonds is 3. The van der Waals surface area contributed by atoms with Gasteiger partial charge in [-0.05, 0) is 17.7 Å². The van der Waals surface area contributed by atoms with E-state index in [2.05, 4.69) is 17.1 Å². The van der Waals surface area contributed by atoms with Crippen LogP contribution in [0, 0.1) is 0 Å². The molecular weight excluding hydrogens is 328 g/mol. The maximum Gasteiger partial charge on any atom is 0.259 e. The third kappa shape index (κ3) is 3.26. The SMILES string of the molecule is O=C(c1c[nH]c2ccccc2c1=O)N1CCO[C@@H](Cc2ccccc2)C1. The smallest absolute Gasteiger partial charge is 0.259 e. The summed E-state index contributed by atoms with van der Waals surface area (Å²) in [6, 6.07) is 17.3. The Morgan fingerprint density at radius 2 is 1.88 bits per heavy atom. The zero-order valence-corrected chi connectivity index (χ0v) is 14.4. The van der Waals surface area contributed by atoms with Gasteiger partial charge in [-0.3, -0.25) is 9.59 Å². The third-order valence-electron chi connectivity index (χ3n) is 4.75. The van der Waals surface area contributed by atoms with Crippen molar-refractivity contribution in [3.05, 3.63) is 82.1 Å². The van der Waals surface area contributed by atoms with E-state index in [9.17, 15) is 9.59 Å². The molecule has 2 heterocycles. The Hall–Kier alpha value is -2.92. The summed E-state index contributed by atoms with van der Waals surface area (Å²) in [5, 5.41) is 0.535. The first-order chi connectivity index (χ1) is 12.7. The number of nitrogens with zero attached hydrogens (tertiary/aromatic N) is 1. The van der Waals surface area contributed by atoms with Crippen molar-refractivity contribution < 1.29 is 9.53 Å². The van der Waals surface area contributed by atoms with Crippen LogP contribution in [0.1, 0.15) is 15.9 Å². The molecule has 0 aliphatic carbocycles. The van der Waals surface area contributed by atoms with E-state index >= 15 is 0 Å². The molecule has 2 aromatic carbocycles. The van der Waals surface area contributed by atoms with Gasteiger partial charge in [-0.15, -0.1) is 0 Å². The van der Waals surface area contributed by atoms with Crippen molar-refractivity contribution in [3.63, 3.8) is 0 Å². The number of hydrogen-bond donors (Lipinski definition) is 1. The molecule has 3 aromatic rings. The minimum atomic E-state index is -0.238. The second-order valence-corrected chi connectivity index (χ2v) is 6.51. The number of amides is 1. The topological polar surface area (TPSA) is 62.4 Å². The molecule has 1 aromatic heterocycles. The number of H-pyrrole nitrogens is 1. The van der Waals surface area contributed by atoms with Gasteiger partial charge in [0.25, 0.3) is 5.91 Å². The van der Waals surface area contributed by atoms with E-state index in [-0.39, 0.29) is 23.0 Å². The van der Waals surface area contributed by atoms with Gasteiger partial charge in [0, 0.05) is 36.6 Å². The molecular formula is C21H20N2O3. The maximum atomic E-state index is 12.9. The average molecular weight is 348 g/mol. The number of aromatic nitrogens is 1. The molecule has 132 valence electrons. The van der Waals surface area contributed by atoms with Crippen molar-refractivity contribution in [1.82, 2.24) is 9.88 Å². The Labute approximate surface area is 151 Å². The first-order valence-electron chi connectivity index (χ1n) is 8.77. The number of morpholine rings is 1. The molecule has 4 rings (SSSR count). The molecule has 1 aliphatic heterocycles. The highest BCUT2D eigenvalue weighted by molar-refractivity contribution is 5.97. The minimum Gasteiger partial charge on any atom is -0.374 e. The molecule has 5 nitrogen and oxygen atoms in total. The number of aromatic amines is 1. The number of carbonyl (C=O) groups is 1. The Bertz CT molecular complexity index is 981. The van der Waals surface area contributed by atoms with Crippen molar-refractivity contribution in [1.29, 1.82) is 0 Å². The molecule has 1 amide bonds. The van der Waals surface area contributed by atoms with E-state index in [1.165, 1.54) is 11.8 Å². The lowest BCUT2D eigenvalue weighted by atomic mass is 10.1. The van der Waals surface area contributed by atoms with Crippen molar-refractivity contribution in [3.8, 4) is 0 Å². The second-order valence-electron chi connectivity index (χ2n) is 6.51. The van der Waals surface area contributed by atoms with Gasteiger partial charge >= 0.3 is 0 Å². The van der Waals surface area contributed by atoms with Gasteiger partial charge in [-0.25, -0.2) is 0 Å². The average Bonchev–Trinajstić information content (AvgIpc) is 2.69. The molecule has 0 unspecified atom stereocenters. The van der Waals surface area contributed by atoms with Crippen LogP contribution in [0.5, 0.6) is 0 Å². The van der Waals surface area contributed by atoms with E-state index in [1.807, 2.05) is 30.3 Å². The summed E-state index contributed by atoms with van der Waals surface area (Å²) in [4.78, 5) is 30.4. The summed E-state index contributed by atoms with van der Waals surface area (Å²) < 4.78 is 5.82. The zero-order valence-electron chi connectivity index (χ0n) is 14.4. The van der Waals surface area contributed by atoms with Gasteiger partial charge in [-0.1, -0.05) is 42.5 Å². The predicted molar refractivity (Wildman–Crippen MR) is 100 cm³/mol. The van der Waals surface area contributed by atoms with Crippen LogP contribution in [0.4, 0.5) is 0 Å². The highest BCUT2D eigenvalue weighted by atomic mass is 16.5. The van der Waals surface area contributed by atoms with Crippen LogP contribution in [0.15, 0.2) is 65.6 Å². The molecule has 26 heavy (non-hydrogen) atoms. The van der Waals surface area contributed by atoms with Gasteiger partial charge in [0.2, 0.25) is 5.43 Å². The lowest BCUT2D eigenvalue weighted by Crippen LogP contribution is -2.47. The van der Waals surface area contributed by atoms with Crippen molar-refractivity contribution in [2.45, 2.75) is 12.5 Å². The summed E-state index contributed by atoms with van der Waals surface area (Å²) in [7, 11) is 0. The minimum absolute atomic E-state index is 0.0605. The summed E-state index contributed by atoms with van der Waals surface area (Å²) in [6.07, 6.45) is 2.21. The number of ether oxygens (including phenoxy) is 1. The Kier molecular flexibility index (Phi) is 4.54. The molecule has 1 aliphatic rings. The molecule has 0 saturated carbocycles. The molecule has 0 radical (unpaired) electrons. The Morgan fingerprint density at radius 1 is 1.12 bits per heavy atom. The van der Waals surface area contributed by atoms with E-state index < -0.39 is 0 Å². The highest BCUT2D eigenvalue weighted by Gasteiger charge is 2.27. The third-order valence-corrected chi connectivity index (χ3v) is 4.75. The molecule has 1 N–H and O–H groups in total. The lowest BCUT2D eigenvalue weighted by molar-refractivity contribution is -0.0208. The summed E-state index contributed by atoms with van der Waals surface area (Å²) >= 11 is 0. The number of nitrogens with one attached hydrogen (secondary N) is 1. The second kappa shape index (κ2) is 7.14. The lowest BCUT2D eigenvalue weighted by Gasteiger charge is -2.33. The van der Waals surface area contributed by atoms with Crippen molar-refractivity contribution in [2.24, 2.45) is 0 Å². The fourth-order valence-electron chi connectivity index (χ4n) is 3.40. The molecule has 0 spiro atoms. The summed E-state index contributed by atoms with van der Waals surface area (Å²) in [6.45, 7) is 1.46. The van der Waals surface area contributed by atoms with Crippen LogP contribution >= 0.6 is 0 Å². The summed E-state index contributed by atoms with van der Waals surface area (Å²) in [5.74, 6) is -0.238. The maximum absolute atomic E-state index is 12.9. The van der Waals surface area contributed by atoms with Gasteiger partial charge in [0.15, 0.2) is 0 Å². The van der Waals surface area contributed by atoms with Crippen molar-refractivity contribution >= 4 is 16.8 Å². The molecule has 1 fully saturated rings. The molecule has 1 saturated heterocycles. The van der Waals surface area contributed by atoms with Gasteiger partial charge in [-0.2, -0.15) is 0 Å². The highest BCUT2D eigenvalue weighted by Crippen LogP contribution is 2.14.